The molecule has 34 heavy (non-hydrogen) atoms. The minimum Gasteiger partial charge on any atom is -0.368 e. The first-order valence-corrected chi connectivity index (χ1v) is 12.1. The fraction of sp³-hybridized carbons (Fsp3) is 0.417. The fourth-order valence-electron chi connectivity index (χ4n) is 4.68. The number of halogens is 4. The van der Waals surface area contributed by atoms with Crippen molar-refractivity contribution in [2.45, 2.75) is 19.0 Å². The van der Waals surface area contributed by atoms with E-state index in [0.29, 0.717) is 63.3 Å². The molecule has 0 aliphatic carbocycles. The Balaban J connectivity index is 1.16. The Hall–Kier alpha value is -2.88. The van der Waals surface area contributed by atoms with E-state index in [0.717, 1.165) is 15.9 Å². The molecule has 180 valence electrons. The number of piperidine rings is 1. The van der Waals surface area contributed by atoms with E-state index in [-0.39, 0.29) is 17.6 Å². The number of piperazine rings is 1. The average Bonchev–Trinajstić information content (AvgIpc) is 3.29. The molecule has 3 aromatic rings. The van der Waals surface area contributed by atoms with Gasteiger partial charge in [0.15, 0.2) is 5.13 Å². The van der Waals surface area contributed by atoms with E-state index in [2.05, 4.69) is 9.88 Å². The van der Waals surface area contributed by atoms with Crippen molar-refractivity contribution in [2.75, 3.05) is 49.1 Å². The van der Waals surface area contributed by atoms with Gasteiger partial charge in [0, 0.05) is 50.9 Å². The van der Waals surface area contributed by atoms with Gasteiger partial charge in [-0.1, -0.05) is 23.5 Å². The number of anilines is 2. The van der Waals surface area contributed by atoms with E-state index in [1.165, 1.54) is 29.5 Å². The smallest absolute Gasteiger partial charge is 0.368 e. The van der Waals surface area contributed by atoms with Gasteiger partial charge in [-0.05, 0) is 43.2 Å². The molecule has 0 atom stereocenters. The number of amides is 1. The van der Waals surface area contributed by atoms with E-state index in [9.17, 15) is 22.4 Å². The van der Waals surface area contributed by atoms with Gasteiger partial charge in [-0.3, -0.25) is 4.79 Å². The number of hydrogen-bond acceptors (Lipinski definition) is 5. The highest BCUT2D eigenvalue weighted by atomic mass is 32.1. The number of aromatic nitrogens is 1. The third-order valence-corrected chi connectivity index (χ3v) is 7.68. The van der Waals surface area contributed by atoms with E-state index in [4.69, 9.17) is 0 Å². The maximum atomic E-state index is 14.0. The van der Waals surface area contributed by atoms with Crippen LogP contribution in [0.4, 0.5) is 28.4 Å². The van der Waals surface area contributed by atoms with Crippen molar-refractivity contribution in [3.63, 3.8) is 0 Å². The molecule has 0 unspecified atom stereocenters. The molecule has 2 fully saturated rings. The van der Waals surface area contributed by atoms with E-state index >= 15 is 0 Å². The van der Waals surface area contributed by atoms with Crippen molar-refractivity contribution in [1.29, 1.82) is 0 Å². The summed E-state index contributed by atoms with van der Waals surface area (Å²) in [6.45, 7) is 3.36. The summed E-state index contributed by atoms with van der Waals surface area (Å²) >= 11 is 1.46. The van der Waals surface area contributed by atoms with Crippen LogP contribution in [0.3, 0.4) is 0 Å². The number of alkyl halides is 3. The number of fused-ring (bicyclic) bond motifs is 1. The third kappa shape index (κ3) is 4.55. The molecule has 0 N–H and O–H groups in total. The van der Waals surface area contributed by atoms with Crippen molar-refractivity contribution in [3.8, 4) is 0 Å². The maximum Gasteiger partial charge on any atom is 0.416 e. The van der Waals surface area contributed by atoms with Crippen LogP contribution >= 0.6 is 11.3 Å². The molecule has 5 nitrogen and oxygen atoms in total. The Bertz CT molecular complexity index is 1180. The van der Waals surface area contributed by atoms with Crippen molar-refractivity contribution in [2.24, 2.45) is 5.92 Å². The maximum absolute atomic E-state index is 14.0. The summed E-state index contributed by atoms with van der Waals surface area (Å²) in [4.78, 5) is 23.4. The second-order valence-corrected chi connectivity index (χ2v) is 9.71. The van der Waals surface area contributed by atoms with Crippen LogP contribution in [0.25, 0.3) is 10.2 Å². The zero-order chi connectivity index (χ0) is 23.9. The van der Waals surface area contributed by atoms with Crippen LogP contribution < -0.4 is 9.80 Å². The first-order valence-electron chi connectivity index (χ1n) is 11.3. The zero-order valence-electron chi connectivity index (χ0n) is 18.4. The lowest BCUT2D eigenvalue weighted by Crippen LogP contribution is -2.51. The zero-order valence-corrected chi connectivity index (χ0v) is 19.2. The number of rotatable bonds is 3. The summed E-state index contributed by atoms with van der Waals surface area (Å²) in [5.41, 5.74) is 0.257. The van der Waals surface area contributed by atoms with Gasteiger partial charge >= 0.3 is 6.18 Å². The fourth-order valence-corrected chi connectivity index (χ4v) is 5.71. The summed E-state index contributed by atoms with van der Waals surface area (Å²) in [5, 5.41) is 0.778. The van der Waals surface area contributed by atoms with E-state index in [1.807, 2.05) is 15.9 Å². The minimum absolute atomic E-state index is 0.0810. The Morgan fingerprint density at radius 1 is 0.941 bits per heavy atom. The quantitative estimate of drug-likeness (QED) is 0.482. The van der Waals surface area contributed by atoms with Crippen LogP contribution in [0.15, 0.2) is 42.5 Å². The SMILES string of the molecule is O=C(C1CCN(c2nc3c(F)cccc3s2)CC1)N1CCN(c2cccc(C(F)(F)F)c2)CC1. The highest BCUT2D eigenvalue weighted by Crippen LogP contribution is 2.34. The number of nitrogens with zero attached hydrogens (tertiary/aromatic N) is 4. The van der Waals surface area contributed by atoms with Crippen molar-refractivity contribution < 1.29 is 22.4 Å². The molecule has 2 aromatic carbocycles. The first-order chi connectivity index (χ1) is 16.3. The van der Waals surface area contributed by atoms with Crippen LogP contribution in [-0.2, 0) is 11.0 Å². The summed E-state index contributed by atoms with van der Waals surface area (Å²) in [6.07, 6.45) is -2.97. The molecule has 2 aliphatic heterocycles. The summed E-state index contributed by atoms with van der Waals surface area (Å²) in [5.74, 6) is -0.296. The van der Waals surface area contributed by atoms with Crippen LogP contribution in [0.1, 0.15) is 18.4 Å². The molecule has 10 heteroatoms. The lowest BCUT2D eigenvalue weighted by molar-refractivity contribution is -0.137. The molecule has 1 aromatic heterocycles. The molecule has 0 radical (unpaired) electrons. The van der Waals surface area contributed by atoms with Gasteiger partial charge in [0.05, 0.1) is 10.3 Å². The largest absolute Gasteiger partial charge is 0.416 e. The topological polar surface area (TPSA) is 39.7 Å². The molecule has 0 spiro atoms. The van der Waals surface area contributed by atoms with E-state index < -0.39 is 11.7 Å². The highest BCUT2D eigenvalue weighted by molar-refractivity contribution is 7.22. The molecule has 3 heterocycles. The second kappa shape index (κ2) is 9.05. The Labute approximate surface area is 198 Å². The number of carbonyl (C=O) groups is 1. The average molecular weight is 493 g/mol. The molecule has 1 amide bonds. The molecule has 5 rings (SSSR count). The van der Waals surface area contributed by atoms with Gasteiger partial charge in [0.2, 0.25) is 5.91 Å². The van der Waals surface area contributed by atoms with Gasteiger partial charge in [-0.2, -0.15) is 13.2 Å². The highest BCUT2D eigenvalue weighted by Gasteiger charge is 2.33. The minimum atomic E-state index is -4.37. The number of hydrogen-bond donors (Lipinski definition) is 0. The predicted molar refractivity (Wildman–Crippen MR) is 125 cm³/mol. The monoisotopic (exact) mass is 492 g/mol. The third-order valence-electron chi connectivity index (χ3n) is 6.60. The molecule has 0 bridgehead atoms. The van der Waals surface area contributed by atoms with Gasteiger partial charge in [0.1, 0.15) is 11.3 Å². The number of thiazole rings is 1. The van der Waals surface area contributed by atoms with E-state index in [1.54, 1.807) is 12.1 Å². The molecule has 2 aliphatic rings. The van der Waals surface area contributed by atoms with Crippen molar-refractivity contribution in [1.82, 2.24) is 9.88 Å². The number of para-hydroxylation sites is 1. The van der Waals surface area contributed by atoms with Crippen LogP contribution in [0.2, 0.25) is 0 Å². The van der Waals surface area contributed by atoms with Crippen LogP contribution in [0.5, 0.6) is 0 Å². The second-order valence-electron chi connectivity index (χ2n) is 8.70. The van der Waals surface area contributed by atoms with Crippen LogP contribution in [0, 0.1) is 11.7 Å². The standard InChI is InChI=1S/C24H24F4N4OS/c25-19-5-2-6-20-21(19)29-23(34-20)32-9-7-16(8-10-32)22(33)31-13-11-30(12-14-31)18-4-1-3-17(15-18)24(26,27)28/h1-6,15-16H,7-14H2. The molecular weight excluding hydrogens is 468 g/mol. The summed E-state index contributed by atoms with van der Waals surface area (Å²) in [7, 11) is 0. The lowest BCUT2D eigenvalue weighted by Gasteiger charge is -2.39. The molecular formula is C24H24F4N4OS. The van der Waals surface area contributed by atoms with Gasteiger partial charge < -0.3 is 14.7 Å². The molecule has 0 saturated carbocycles. The van der Waals surface area contributed by atoms with Crippen LogP contribution in [-0.4, -0.2) is 55.1 Å². The first kappa shape index (κ1) is 22.9. The number of carbonyl (C=O) groups excluding carboxylic acids is 1. The van der Waals surface area contributed by atoms with Gasteiger partial charge in [-0.15, -0.1) is 0 Å². The summed E-state index contributed by atoms with van der Waals surface area (Å²) in [6, 6.07) is 10.3. The number of benzene rings is 2. The van der Waals surface area contributed by atoms with Crippen molar-refractivity contribution >= 4 is 38.3 Å². The normalized spacial score (nSPS) is 18.1. The Kier molecular flexibility index (Phi) is 6.09. The Morgan fingerprint density at radius 2 is 1.65 bits per heavy atom. The summed E-state index contributed by atoms with van der Waals surface area (Å²) < 4.78 is 53.8. The molecule has 2 saturated heterocycles. The Morgan fingerprint density at radius 3 is 2.32 bits per heavy atom. The lowest BCUT2D eigenvalue weighted by atomic mass is 9.95. The van der Waals surface area contributed by atoms with Crippen molar-refractivity contribution in [3.05, 3.63) is 53.8 Å². The van der Waals surface area contributed by atoms with Gasteiger partial charge in [0.25, 0.3) is 0 Å². The van der Waals surface area contributed by atoms with Gasteiger partial charge in [-0.25, -0.2) is 9.37 Å². The predicted octanol–water partition coefficient (Wildman–Crippen LogP) is 5.02.